The molecule has 1 aliphatic heterocycles. The van der Waals surface area contributed by atoms with Gasteiger partial charge in [0.15, 0.2) is 5.79 Å². The Morgan fingerprint density at radius 2 is 1.81 bits per heavy atom. The van der Waals surface area contributed by atoms with Gasteiger partial charge < -0.3 is 18.8 Å². The maximum atomic E-state index is 13.8. The monoisotopic (exact) mass is 507 g/mol. The fourth-order valence-electron chi connectivity index (χ4n) is 5.08. The lowest BCUT2D eigenvalue weighted by Gasteiger charge is -2.39. The molecule has 6 heteroatoms. The van der Waals surface area contributed by atoms with Crippen LogP contribution in [-0.2, 0) is 19.0 Å². The number of halogens is 1. The molecule has 0 saturated carbocycles. The molecule has 0 aliphatic carbocycles. The first kappa shape index (κ1) is 27.1. The molecule has 4 rings (SSSR count). The van der Waals surface area contributed by atoms with E-state index in [-0.39, 0.29) is 36.5 Å². The number of rotatable bonds is 6. The highest BCUT2D eigenvalue weighted by Crippen LogP contribution is 2.38. The molecule has 0 bridgehead atoms. The molecule has 2 unspecified atom stereocenters. The number of carbonyl (C=O) groups is 1. The zero-order valence-corrected chi connectivity index (χ0v) is 22.9. The van der Waals surface area contributed by atoms with Crippen LogP contribution in [0.4, 0.5) is 4.39 Å². The maximum absolute atomic E-state index is 13.8. The highest BCUT2D eigenvalue weighted by molar-refractivity contribution is 6.01. The summed E-state index contributed by atoms with van der Waals surface area (Å²) >= 11 is 0. The van der Waals surface area contributed by atoms with E-state index in [0.717, 1.165) is 27.7 Å². The second-order valence-electron chi connectivity index (χ2n) is 11.4. The summed E-state index contributed by atoms with van der Waals surface area (Å²) in [5, 5.41) is 1.11. The van der Waals surface area contributed by atoms with Gasteiger partial charge in [-0.15, -0.1) is 0 Å². The first-order valence-corrected chi connectivity index (χ1v) is 13.0. The van der Waals surface area contributed by atoms with Crippen molar-refractivity contribution in [1.29, 1.82) is 0 Å². The molecule has 2 atom stereocenters. The highest BCUT2D eigenvalue weighted by atomic mass is 19.1. The van der Waals surface area contributed by atoms with Gasteiger partial charge in [0.2, 0.25) is 0 Å². The molecular weight excluding hydrogens is 469 g/mol. The van der Waals surface area contributed by atoms with Gasteiger partial charge in [-0.3, -0.25) is 4.79 Å². The van der Waals surface area contributed by atoms with Crippen LogP contribution in [0.3, 0.4) is 0 Å². The van der Waals surface area contributed by atoms with Crippen molar-refractivity contribution in [3.63, 3.8) is 0 Å². The van der Waals surface area contributed by atoms with E-state index in [4.69, 9.17) is 14.2 Å². The summed E-state index contributed by atoms with van der Waals surface area (Å²) < 4.78 is 33.8. The van der Waals surface area contributed by atoms with E-state index in [2.05, 4.69) is 36.6 Å². The van der Waals surface area contributed by atoms with Crippen LogP contribution >= 0.6 is 0 Å². The van der Waals surface area contributed by atoms with Crippen molar-refractivity contribution in [3.8, 4) is 11.1 Å². The van der Waals surface area contributed by atoms with E-state index in [1.807, 2.05) is 65.0 Å². The summed E-state index contributed by atoms with van der Waals surface area (Å²) in [6.45, 7) is 13.6. The van der Waals surface area contributed by atoms with Crippen LogP contribution in [0.1, 0.15) is 73.0 Å². The van der Waals surface area contributed by atoms with Crippen LogP contribution in [0.25, 0.3) is 28.1 Å². The number of fused-ring (bicyclic) bond motifs is 1. The minimum atomic E-state index is -0.843. The molecule has 0 N–H and O–H groups in total. The lowest BCUT2D eigenvalue weighted by molar-refractivity contribution is -0.290. The Balaban J connectivity index is 1.70. The molecule has 37 heavy (non-hydrogen) atoms. The average Bonchev–Trinajstić information content (AvgIpc) is 3.10. The van der Waals surface area contributed by atoms with Crippen LogP contribution in [0.5, 0.6) is 0 Å². The highest BCUT2D eigenvalue weighted by Gasteiger charge is 2.36. The van der Waals surface area contributed by atoms with E-state index in [9.17, 15) is 9.18 Å². The van der Waals surface area contributed by atoms with Gasteiger partial charge in [0.05, 0.1) is 18.6 Å². The Morgan fingerprint density at radius 1 is 1.14 bits per heavy atom. The normalized spacial score (nSPS) is 20.1. The molecule has 2 aromatic carbocycles. The lowest BCUT2D eigenvalue weighted by atomic mass is 10.0. The summed E-state index contributed by atoms with van der Waals surface area (Å²) in [5.41, 5.74) is 3.61. The summed E-state index contributed by atoms with van der Waals surface area (Å²) in [6, 6.07) is 15.1. The van der Waals surface area contributed by atoms with Crippen molar-refractivity contribution in [1.82, 2.24) is 4.57 Å². The van der Waals surface area contributed by atoms with Gasteiger partial charge in [0.25, 0.3) is 0 Å². The first-order chi connectivity index (χ1) is 17.3. The van der Waals surface area contributed by atoms with Crippen molar-refractivity contribution >= 4 is 22.9 Å². The van der Waals surface area contributed by atoms with Gasteiger partial charge in [-0.1, -0.05) is 36.4 Å². The van der Waals surface area contributed by atoms with E-state index in [1.165, 1.54) is 12.1 Å². The van der Waals surface area contributed by atoms with Crippen LogP contribution in [0.15, 0.2) is 54.6 Å². The number of nitrogens with zero attached hydrogens (tertiary/aromatic N) is 1. The van der Waals surface area contributed by atoms with Crippen molar-refractivity contribution in [2.45, 2.75) is 90.9 Å². The topological polar surface area (TPSA) is 49.7 Å². The standard InChI is InChI=1S/C31H38FNO4/c1-20(2)33-26-11-9-8-10-25(26)29(21-12-14-22(32)15-13-21)27(33)17-16-23-18-24(36-31(6,7)35-23)19-28(34)37-30(3,4)5/h8-17,20,23-24H,18-19H2,1-7H3/b17-16+. The van der Waals surface area contributed by atoms with Gasteiger partial charge in [-0.25, -0.2) is 4.39 Å². The summed E-state index contributed by atoms with van der Waals surface area (Å²) in [5.74, 6) is -1.39. The molecule has 0 spiro atoms. The van der Waals surface area contributed by atoms with Crippen molar-refractivity contribution < 1.29 is 23.4 Å². The quantitative estimate of drug-likeness (QED) is 0.321. The third-order valence-electron chi connectivity index (χ3n) is 6.26. The van der Waals surface area contributed by atoms with Gasteiger partial charge in [-0.05, 0) is 78.3 Å². The Labute approximate surface area is 219 Å². The Bertz CT molecular complexity index is 1280. The number of hydrogen-bond donors (Lipinski definition) is 0. The molecule has 198 valence electrons. The Morgan fingerprint density at radius 3 is 2.46 bits per heavy atom. The summed E-state index contributed by atoms with van der Waals surface area (Å²) in [6.07, 6.45) is 4.27. The number of para-hydroxylation sites is 1. The molecule has 0 radical (unpaired) electrons. The molecule has 0 amide bonds. The van der Waals surface area contributed by atoms with Crippen molar-refractivity contribution in [3.05, 3.63) is 66.1 Å². The minimum Gasteiger partial charge on any atom is -0.460 e. The van der Waals surface area contributed by atoms with E-state index < -0.39 is 11.4 Å². The van der Waals surface area contributed by atoms with E-state index >= 15 is 0 Å². The molecule has 5 nitrogen and oxygen atoms in total. The fourth-order valence-corrected chi connectivity index (χ4v) is 5.08. The predicted molar refractivity (Wildman–Crippen MR) is 146 cm³/mol. The molecule has 1 aliphatic rings. The smallest absolute Gasteiger partial charge is 0.308 e. The minimum absolute atomic E-state index is 0.168. The van der Waals surface area contributed by atoms with Crippen LogP contribution in [0.2, 0.25) is 0 Å². The molecule has 3 aromatic rings. The zero-order chi connectivity index (χ0) is 27.0. The fraction of sp³-hybridized carbons (Fsp3) is 0.452. The van der Waals surface area contributed by atoms with Gasteiger partial charge in [0.1, 0.15) is 11.4 Å². The first-order valence-electron chi connectivity index (χ1n) is 13.0. The SMILES string of the molecule is CC(C)n1c(/C=C/C2CC(CC(=O)OC(C)(C)C)OC(C)(C)O2)c(-c2ccc(F)cc2)c2ccccc21. The predicted octanol–water partition coefficient (Wildman–Crippen LogP) is 7.68. The number of esters is 1. The van der Waals surface area contributed by atoms with Gasteiger partial charge in [-0.2, -0.15) is 0 Å². The second-order valence-corrected chi connectivity index (χ2v) is 11.4. The molecular formula is C31H38FNO4. The van der Waals surface area contributed by atoms with E-state index in [0.29, 0.717) is 6.42 Å². The summed E-state index contributed by atoms with van der Waals surface area (Å²) in [4.78, 5) is 12.5. The Kier molecular flexibility index (Phi) is 7.63. The molecule has 1 aromatic heterocycles. The third-order valence-corrected chi connectivity index (χ3v) is 6.26. The Hall–Kier alpha value is -2.96. The average molecular weight is 508 g/mol. The van der Waals surface area contributed by atoms with E-state index in [1.54, 1.807) is 0 Å². The molecule has 2 heterocycles. The lowest BCUT2D eigenvalue weighted by Crippen LogP contribution is -2.45. The van der Waals surface area contributed by atoms with Gasteiger partial charge >= 0.3 is 5.97 Å². The number of benzene rings is 2. The number of aromatic nitrogens is 1. The van der Waals surface area contributed by atoms with Crippen LogP contribution < -0.4 is 0 Å². The molecule has 1 saturated heterocycles. The zero-order valence-electron chi connectivity index (χ0n) is 22.9. The summed E-state index contributed by atoms with van der Waals surface area (Å²) in [7, 11) is 0. The maximum Gasteiger partial charge on any atom is 0.308 e. The molecule has 1 fully saturated rings. The number of carbonyl (C=O) groups excluding carboxylic acids is 1. The van der Waals surface area contributed by atoms with Crippen molar-refractivity contribution in [2.24, 2.45) is 0 Å². The third kappa shape index (κ3) is 6.49. The van der Waals surface area contributed by atoms with Crippen LogP contribution in [-0.4, -0.2) is 34.1 Å². The van der Waals surface area contributed by atoms with Gasteiger partial charge in [0, 0.05) is 34.6 Å². The number of hydrogen-bond acceptors (Lipinski definition) is 4. The van der Waals surface area contributed by atoms with Crippen LogP contribution in [0, 0.1) is 5.82 Å². The second kappa shape index (κ2) is 10.4. The number of ether oxygens (including phenoxy) is 3. The van der Waals surface area contributed by atoms with Crippen molar-refractivity contribution in [2.75, 3.05) is 0 Å². The largest absolute Gasteiger partial charge is 0.460 e.